The summed E-state index contributed by atoms with van der Waals surface area (Å²) in [5.74, 6) is -0.731. The van der Waals surface area contributed by atoms with Crippen LogP contribution in [-0.2, 0) is 28.6 Å². The van der Waals surface area contributed by atoms with Crippen LogP contribution < -0.4 is 0 Å². The minimum absolute atomic E-state index is 0.0568. The summed E-state index contributed by atoms with van der Waals surface area (Å²) >= 11 is 0. The molecule has 1 N–H and O–H groups in total. The van der Waals surface area contributed by atoms with E-state index in [1.165, 1.54) is 96.3 Å². The van der Waals surface area contributed by atoms with Gasteiger partial charge in [0.1, 0.15) is 0 Å². The molecular weight excluding hydrogens is 666 g/mol. The summed E-state index contributed by atoms with van der Waals surface area (Å²) in [6, 6.07) is 0. The lowest BCUT2D eigenvalue weighted by molar-refractivity contribution is -0.200. The summed E-state index contributed by atoms with van der Waals surface area (Å²) in [4.78, 5) is 40.4. The Balaban J connectivity index is 2.21. The largest absolute Gasteiger partial charge is 0.466 e. The molecule has 1 aliphatic rings. The second-order valence-electron chi connectivity index (χ2n) is 15.9. The predicted molar refractivity (Wildman–Crippen MR) is 218 cm³/mol. The monoisotopic (exact) mass is 752 g/mol. The number of rotatable bonds is 39. The molecule has 8 nitrogen and oxygen atoms in total. The zero-order chi connectivity index (χ0) is 38.6. The predicted octanol–water partition coefficient (Wildman–Crippen LogP) is 11.4. The minimum Gasteiger partial charge on any atom is -0.466 e. The molecule has 1 saturated heterocycles. The third-order valence-electron chi connectivity index (χ3n) is 11.0. The summed E-state index contributed by atoms with van der Waals surface area (Å²) in [6.07, 6.45) is 32.4. The Morgan fingerprint density at radius 2 is 1.06 bits per heavy atom. The molecule has 0 aliphatic carbocycles. The van der Waals surface area contributed by atoms with E-state index < -0.39 is 12.2 Å². The van der Waals surface area contributed by atoms with E-state index in [-0.39, 0.29) is 30.4 Å². The van der Waals surface area contributed by atoms with Crippen LogP contribution in [0.2, 0.25) is 0 Å². The van der Waals surface area contributed by atoms with E-state index in [9.17, 15) is 19.5 Å². The Labute approximate surface area is 326 Å². The maximum absolute atomic E-state index is 13.1. The van der Waals surface area contributed by atoms with Crippen molar-refractivity contribution in [2.45, 2.75) is 232 Å². The number of unbranched alkanes of at least 4 members (excludes halogenated alkanes) is 22. The van der Waals surface area contributed by atoms with Crippen LogP contribution in [0.5, 0.6) is 0 Å². The standard InChI is InChI=1S/C45H85NO7/c1-4-7-10-13-15-16-17-23-30-39-51-42(48)34-27-29-36-46(37-38-47)35-28-22-18-21-26-33-41-44(49)53-43(45(50)52-41)40(31-24-19-12-9-6-3)32-25-20-14-11-8-5-2/h40-41,43,47H,4-39H2,1-3H3. The van der Waals surface area contributed by atoms with Gasteiger partial charge in [0.25, 0.3) is 0 Å². The Morgan fingerprint density at radius 1 is 0.585 bits per heavy atom. The van der Waals surface area contributed by atoms with E-state index in [4.69, 9.17) is 14.2 Å². The summed E-state index contributed by atoms with van der Waals surface area (Å²) in [6.45, 7) is 9.82. The highest BCUT2D eigenvalue weighted by Gasteiger charge is 2.41. The van der Waals surface area contributed by atoms with Crippen LogP contribution in [0, 0.1) is 5.92 Å². The molecule has 3 atom stereocenters. The SMILES string of the molecule is CCCCCCCCCCCOC(=O)CCCCN(CCO)CCCCCCCC1OC(=O)C(C(CCCCCCC)CCCCCCCC)OC1=O. The summed E-state index contributed by atoms with van der Waals surface area (Å²) in [5.41, 5.74) is 0. The molecule has 0 radical (unpaired) electrons. The van der Waals surface area contributed by atoms with E-state index in [1.54, 1.807) is 0 Å². The number of ether oxygens (including phenoxy) is 3. The average Bonchev–Trinajstić information content (AvgIpc) is 3.15. The maximum Gasteiger partial charge on any atom is 0.348 e. The van der Waals surface area contributed by atoms with Crippen molar-refractivity contribution in [2.75, 3.05) is 32.8 Å². The number of nitrogens with zero attached hydrogens (tertiary/aromatic N) is 1. The highest BCUT2D eigenvalue weighted by Crippen LogP contribution is 2.29. The molecule has 0 saturated carbocycles. The normalized spacial score (nSPS) is 16.5. The number of esters is 3. The number of cyclic esters (lactones) is 2. The highest BCUT2D eigenvalue weighted by atomic mass is 16.6. The van der Waals surface area contributed by atoms with Gasteiger partial charge in [-0.05, 0) is 64.5 Å². The van der Waals surface area contributed by atoms with Crippen LogP contribution in [0.25, 0.3) is 0 Å². The van der Waals surface area contributed by atoms with Crippen molar-refractivity contribution in [1.82, 2.24) is 4.90 Å². The molecular formula is C45H85NO7. The van der Waals surface area contributed by atoms with E-state index >= 15 is 0 Å². The Morgan fingerprint density at radius 3 is 1.60 bits per heavy atom. The van der Waals surface area contributed by atoms with Gasteiger partial charge in [0, 0.05) is 18.9 Å². The first-order chi connectivity index (χ1) is 26.0. The van der Waals surface area contributed by atoms with Gasteiger partial charge in [-0.1, -0.05) is 162 Å². The summed E-state index contributed by atoms with van der Waals surface area (Å²) in [7, 11) is 0. The van der Waals surface area contributed by atoms with Gasteiger partial charge in [0.2, 0.25) is 6.10 Å². The number of carbonyl (C=O) groups excluding carboxylic acids is 3. The quantitative estimate of drug-likeness (QED) is 0.0376. The molecule has 0 aromatic heterocycles. The molecule has 0 spiro atoms. The van der Waals surface area contributed by atoms with Gasteiger partial charge >= 0.3 is 17.9 Å². The van der Waals surface area contributed by atoms with E-state index in [1.807, 2.05) is 0 Å². The molecule has 8 heteroatoms. The average molecular weight is 752 g/mol. The molecule has 3 unspecified atom stereocenters. The molecule has 53 heavy (non-hydrogen) atoms. The lowest BCUT2D eigenvalue weighted by atomic mass is 9.89. The van der Waals surface area contributed by atoms with Gasteiger partial charge in [0.15, 0.2) is 6.10 Å². The number of hydrogen-bond acceptors (Lipinski definition) is 8. The molecule has 0 amide bonds. The number of aliphatic hydroxyl groups excluding tert-OH is 1. The Kier molecular flexibility index (Phi) is 33.5. The van der Waals surface area contributed by atoms with Gasteiger partial charge in [-0.15, -0.1) is 0 Å². The molecule has 1 rings (SSSR count). The maximum atomic E-state index is 13.1. The molecule has 1 fully saturated rings. The fourth-order valence-electron chi connectivity index (χ4n) is 7.56. The van der Waals surface area contributed by atoms with Crippen molar-refractivity contribution in [2.24, 2.45) is 5.92 Å². The lowest BCUT2D eigenvalue weighted by Gasteiger charge is -2.32. The Bertz CT molecular complexity index is 868. The van der Waals surface area contributed by atoms with Crippen molar-refractivity contribution in [3.05, 3.63) is 0 Å². The van der Waals surface area contributed by atoms with Gasteiger partial charge in [-0.3, -0.25) is 4.79 Å². The molecule has 0 bridgehead atoms. The molecule has 0 aromatic rings. The van der Waals surface area contributed by atoms with Gasteiger partial charge in [0.05, 0.1) is 13.2 Å². The van der Waals surface area contributed by atoms with E-state index in [0.29, 0.717) is 26.0 Å². The molecule has 0 aromatic carbocycles. The molecule has 1 aliphatic heterocycles. The third-order valence-corrected chi connectivity index (χ3v) is 11.0. The summed E-state index contributed by atoms with van der Waals surface area (Å²) < 4.78 is 17.0. The van der Waals surface area contributed by atoms with Crippen LogP contribution in [0.1, 0.15) is 220 Å². The van der Waals surface area contributed by atoms with Crippen molar-refractivity contribution in [1.29, 1.82) is 0 Å². The first-order valence-electron chi connectivity index (χ1n) is 22.9. The number of aliphatic hydroxyl groups is 1. The fourth-order valence-corrected chi connectivity index (χ4v) is 7.56. The number of carbonyl (C=O) groups is 3. The van der Waals surface area contributed by atoms with Crippen molar-refractivity contribution >= 4 is 17.9 Å². The number of hydrogen-bond donors (Lipinski definition) is 1. The first kappa shape index (κ1) is 49.3. The lowest BCUT2D eigenvalue weighted by Crippen LogP contribution is -2.47. The second-order valence-corrected chi connectivity index (χ2v) is 15.9. The van der Waals surface area contributed by atoms with E-state index in [2.05, 4.69) is 25.7 Å². The highest BCUT2D eigenvalue weighted by molar-refractivity contribution is 5.87. The second kappa shape index (κ2) is 36.0. The van der Waals surface area contributed by atoms with Crippen LogP contribution in [-0.4, -0.2) is 73.0 Å². The van der Waals surface area contributed by atoms with Crippen molar-refractivity contribution in [3.63, 3.8) is 0 Å². The molecule has 312 valence electrons. The van der Waals surface area contributed by atoms with Crippen molar-refractivity contribution < 1.29 is 33.7 Å². The van der Waals surface area contributed by atoms with Crippen molar-refractivity contribution in [3.8, 4) is 0 Å². The van der Waals surface area contributed by atoms with Gasteiger partial charge in [-0.25, -0.2) is 9.59 Å². The third kappa shape index (κ3) is 27.5. The topological polar surface area (TPSA) is 102 Å². The van der Waals surface area contributed by atoms with E-state index in [0.717, 1.165) is 103 Å². The fraction of sp³-hybridized carbons (Fsp3) is 0.933. The smallest absolute Gasteiger partial charge is 0.348 e. The first-order valence-corrected chi connectivity index (χ1v) is 22.9. The molecule has 1 heterocycles. The minimum atomic E-state index is -0.773. The summed E-state index contributed by atoms with van der Waals surface area (Å²) in [5, 5.41) is 9.54. The van der Waals surface area contributed by atoms with Gasteiger partial charge in [-0.2, -0.15) is 0 Å². The van der Waals surface area contributed by atoms with Crippen LogP contribution in [0.4, 0.5) is 0 Å². The van der Waals surface area contributed by atoms with Crippen LogP contribution >= 0.6 is 0 Å². The van der Waals surface area contributed by atoms with Gasteiger partial charge < -0.3 is 24.2 Å². The van der Waals surface area contributed by atoms with Crippen LogP contribution in [0.3, 0.4) is 0 Å². The van der Waals surface area contributed by atoms with Crippen LogP contribution in [0.15, 0.2) is 0 Å². The Hall–Kier alpha value is -1.67. The zero-order valence-corrected chi connectivity index (χ0v) is 35.0. The zero-order valence-electron chi connectivity index (χ0n) is 35.0.